The topological polar surface area (TPSA) is 12.0 Å². The van der Waals surface area contributed by atoms with E-state index >= 15 is 0 Å². The smallest absolute Gasteiger partial charge is 0.0302 e. The standard InChI is InChI=1S/C13H23NS/c1-10(2)5-6-11(3)14-9-13-8-7-12(4)15-13/h7-8,10-11,14H,5-6,9H2,1-4H3. The van der Waals surface area contributed by atoms with Crippen molar-refractivity contribution in [2.24, 2.45) is 5.92 Å². The van der Waals surface area contributed by atoms with Gasteiger partial charge in [0.05, 0.1) is 0 Å². The van der Waals surface area contributed by atoms with Gasteiger partial charge in [-0.3, -0.25) is 0 Å². The fourth-order valence-electron chi connectivity index (χ4n) is 1.54. The Morgan fingerprint density at radius 2 is 1.93 bits per heavy atom. The fourth-order valence-corrected chi connectivity index (χ4v) is 2.38. The van der Waals surface area contributed by atoms with Gasteiger partial charge in [-0.05, 0) is 44.7 Å². The number of aryl methyl sites for hydroxylation is 1. The van der Waals surface area contributed by atoms with Crippen molar-refractivity contribution >= 4 is 11.3 Å². The lowest BCUT2D eigenvalue weighted by molar-refractivity contribution is 0.452. The number of nitrogens with one attached hydrogen (secondary N) is 1. The molecule has 0 radical (unpaired) electrons. The molecular formula is C13H23NS. The maximum Gasteiger partial charge on any atom is 0.0302 e. The molecule has 1 aromatic rings. The van der Waals surface area contributed by atoms with Crippen molar-refractivity contribution in [3.05, 3.63) is 21.9 Å². The molecule has 2 heteroatoms. The van der Waals surface area contributed by atoms with E-state index in [0.29, 0.717) is 6.04 Å². The van der Waals surface area contributed by atoms with Gasteiger partial charge in [0.1, 0.15) is 0 Å². The molecule has 0 aliphatic carbocycles. The highest BCUT2D eigenvalue weighted by molar-refractivity contribution is 7.11. The summed E-state index contributed by atoms with van der Waals surface area (Å²) >= 11 is 1.89. The van der Waals surface area contributed by atoms with Gasteiger partial charge in [-0.25, -0.2) is 0 Å². The van der Waals surface area contributed by atoms with Gasteiger partial charge in [-0.15, -0.1) is 11.3 Å². The molecule has 1 N–H and O–H groups in total. The second kappa shape index (κ2) is 6.29. The van der Waals surface area contributed by atoms with Crippen LogP contribution in [0.1, 0.15) is 43.4 Å². The molecule has 15 heavy (non-hydrogen) atoms. The normalized spacial score (nSPS) is 13.4. The zero-order chi connectivity index (χ0) is 11.3. The van der Waals surface area contributed by atoms with E-state index in [1.54, 1.807) is 0 Å². The largest absolute Gasteiger partial charge is 0.309 e. The Kier molecular flexibility index (Phi) is 5.34. The lowest BCUT2D eigenvalue weighted by atomic mass is 10.0. The average molecular weight is 225 g/mol. The average Bonchev–Trinajstić information content (AvgIpc) is 2.58. The van der Waals surface area contributed by atoms with Crippen molar-refractivity contribution in [3.63, 3.8) is 0 Å². The summed E-state index contributed by atoms with van der Waals surface area (Å²) in [6, 6.07) is 5.05. The summed E-state index contributed by atoms with van der Waals surface area (Å²) in [6.45, 7) is 10.0. The van der Waals surface area contributed by atoms with Crippen LogP contribution in [-0.4, -0.2) is 6.04 Å². The lowest BCUT2D eigenvalue weighted by Gasteiger charge is -2.14. The molecule has 0 amide bonds. The van der Waals surface area contributed by atoms with Crippen LogP contribution in [0.5, 0.6) is 0 Å². The zero-order valence-corrected chi connectivity index (χ0v) is 11.2. The second-order valence-electron chi connectivity index (χ2n) is 4.77. The molecule has 1 rings (SSSR count). The van der Waals surface area contributed by atoms with Crippen LogP contribution in [0.4, 0.5) is 0 Å². The Labute approximate surface area is 97.9 Å². The third-order valence-electron chi connectivity index (χ3n) is 2.60. The first-order valence-corrected chi connectivity index (χ1v) is 6.68. The van der Waals surface area contributed by atoms with Crippen LogP contribution in [-0.2, 0) is 6.54 Å². The van der Waals surface area contributed by atoms with Crippen molar-refractivity contribution in [3.8, 4) is 0 Å². The molecule has 1 nitrogen and oxygen atoms in total. The molecule has 0 bridgehead atoms. The van der Waals surface area contributed by atoms with Gasteiger partial charge in [-0.1, -0.05) is 13.8 Å². The molecule has 86 valence electrons. The summed E-state index contributed by atoms with van der Waals surface area (Å²) in [5.41, 5.74) is 0. The quantitative estimate of drug-likeness (QED) is 0.772. The Bertz CT molecular complexity index is 278. The minimum atomic E-state index is 0.634. The number of hydrogen-bond acceptors (Lipinski definition) is 2. The molecule has 0 spiro atoms. The second-order valence-corrected chi connectivity index (χ2v) is 6.14. The number of thiophene rings is 1. The fraction of sp³-hybridized carbons (Fsp3) is 0.692. The molecule has 0 aliphatic rings. The molecule has 1 unspecified atom stereocenters. The Morgan fingerprint density at radius 3 is 2.47 bits per heavy atom. The summed E-state index contributed by atoms with van der Waals surface area (Å²) in [5.74, 6) is 0.818. The number of rotatable bonds is 6. The molecule has 0 aromatic carbocycles. The van der Waals surface area contributed by atoms with E-state index in [-0.39, 0.29) is 0 Å². The summed E-state index contributed by atoms with van der Waals surface area (Å²) in [6.07, 6.45) is 2.60. The van der Waals surface area contributed by atoms with Crippen molar-refractivity contribution in [2.75, 3.05) is 0 Å². The summed E-state index contributed by atoms with van der Waals surface area (Å²) in [4.78, 5) is 2.85. The van der Waals surface area contributed by atoms with Crippen LogP contribution >= 0.6 is 11.3 Å². The minimum absolute atomic E-state index is 0.634. The first-order valence-electron chi connectivity index (χ1n) is 5.86. The van der Waals surface area contributed by atoms with Gasteiger partial charge in [-0.2, -0.15) is 0 Å². The monoisotopic (exact) mass is 225 g/mol. The van der Waals surface area contributed by atoms with Crippen molar-refractivity contribution in [1.29, 1.82) is 0 Å². The van der Waals surface area contributed by atoms with Crippen LogP contribution in [0.25, 0.3) is 0 Å². The zero-order valence-electron chi connectivity index (χ0n) is 10.3. The molecular weight excluding hydrogens is 202 g/mol. The van der Waals surface area contributed by atoms with E-state index in [9.17, 15) is 0 Å². The molecule has 0 aliphatic heterocycles. The summed E-state index contributed by atoms with van der Waals surface area (Å²) in [5, 5.41) is 3.58. The van der Waals surface area contributed by atoms with Gasteiger partial charge in [0.25, 0.3) is 0 Å². The lowest BCUT2D eigenvalue weighted by Crippen LogP contribution is -2.25. The van der Waals surface area contributed by atoms with Crippen molar-refractivity contribution in [2.45, 2.75) is 53.1 Å². The van der Waals surface area contributed by atoms with Crippen LogP contribution < -0.4 is 5.32 Å². The van der Waals surface area contributed by atoms with Crippen molar-refractivity contribution in [1.82, 2.24) is 5.32 Å². The first kappa shape index (κ1) is 12.7. The van der Waals surface area contributed by atoms with Crippen LogP contribution in [0.15, 0.2) is 12.1 Å². The van der Waals surface area contributed by atoms with Gasteiger partial charge in [0.15, 0.2) is 0 Å². The third-order valence-corrected chi connectivity index (χ3v) is 3.60. The van der Waals surface area contributed by atoms with E-state index < -0.39 is 0 Å². The Hall–Kier alpha value is -0.340. The van der Waals surface area contributed by atoms with Gasteiger partial charge < -0.3 is 5.32 Å². The molecule has 0 fully saturated rings. The molecule has 1 aromatic heterocycles. The minimum Gasteiger partial charge on any atom is -0.309 e. The van der Waals surface area contributed by atoms with Crippen LogP contribution in [0.3, 0.4) is 0 Å². The predicted octanol–water partition coefficient (Wildman–Crippen LogP) is 3.97. The van der Waals surface area contributed by atoms with E-state index in [1.807, 2.05) is 11.3 Å². The van der Waals surface area contributed by atoms with Crippen LogP contribution in [0, 0.1) is 12.8 Å². The maximum atomic E-state index is 3.58. The van der Waals surface area contributed by atoms with E-state index in [2.05, 4.69) is 45.1 Å². The highest BCUT2D eigenvalue weighted by atomic mass is 32.1. The Balaban J connectivity index is 2.19. The van der Waals surface area contributed by atoms with E-state index in [1.165, 1.54) is 22.6 Å². The molecule has 1 atom stereocenters. The SMILES string of the molecule is Cc1ccc(CNC(C)CCC(C)C)s1. The van der Waals surface area contributed by atoms with E-state index in [0.717, 1.165) is 12.5 Å². The number of hydrogen-bond donors (Lipinski definition) is 1. The summed E-state index contributed by atoms with van der Waals surface area (Å²) < 4.78 is 0. The molecule has 1 heterocycles. The first-order chi connectivity index (χ1) is 7.08. The highest BCUT2D eigenvalue weighted by Gasteiger charge is 2.04. The third kappa shape index (κ3) is 5.33. The van der Waals surface area contributed by atoms with Gasteiger partial charge in [0.2, 0.25) is 0 Å². The van der Waals surface area contributed by atoms with Crippen molar-refractivity contribution < 1.29 is 0 Å². The Morgan fingerprint density at radius 1 is 1.20 bits per heavy atom. The van der Waals surface area contributed by atoms with Gasteiger partial charge >= 0.3 is 0 Å². The maximum absolute atomic E-state index is 3.58. The molecule has 0 saturated carbocycles. The van der Waals surface area contributed by atoms with Gasteiger partial charge in [0, 0.05) is 22.3 Å². The molecule has 0 saturated heterocycles. The van der Waals surface area contributed by atoms with Crippen LogP contribution in [0.2, 0.25) is 0 Å². The summed E-state index contributed by atoms with van der Waals surface area (Å²) in [7, 11) is 0. The van der Waals surface area contributed by atoms with E-state index in [4.69, 9.17) is 0 Å². The highest BCUT2D eigenvalue weighted by Crippen LogP contribution is 2.15. The predicted molar refractivity (Wildman–Crippen MR) is 69.4 cm³/mol.